The van der Waals surface area contributed by atoms with Crippen molar-refractivity contribution in [3.05, 3.63) is 22.7 Å². The summed E-state index contributed by atoms with van der Waals surface area (Å²) in [5.41, 5.74) is 4.94. The van der Waals surface area contributed by atoms with Gasteiger partial charge in [0.15, 0.2) is 12.0 Å². The highest BCUT2D eigenvalue weighted by atomic mass is 32.3. The predicted molar refractivity (Wildman–Crippen MR) is 81.9 cm³/mol. The van der Waals surface area contributed by atoms with Gasteiger partial charge in [-0.25, -0.2) is 4.79 Å². The third kappa shape index (κ3) is 4.94. The van der Waals surface area contributed by atoms with Crippen LogP contribution in [0.1, 0.15) is 20.1 Å². The number of nitrogens with two attached hydrogens (primary N) is 1. The Hall–Kier alpha value is -1.61. The van der Waals surface area contributed by atoms with Crippen molar-refractivity contribution < 1.29 is 36.8 Å². The Morgan fingerprint density at radius 2 is 1.88 bits per heavy atom. The van der Waals surface area contributed by atoms with Gasteiger partial charge in [-0.2, -0.15) is 13.4 Å². The van der Waals surface area contributed by atoms with Gasteiger partial charge in [0.05, 0.1) is 6.61 Å². The molecular formula is C12H19N3O9S. The summed E-state index contributed by atoms with van der Waals surface area (Å²) < 4.78 is 50.0. The van der Waals surface area contributed by atoms with E-state index in [4.69, 9.17) is 37.5 Å². The number of rotatable bonds is 2. The first kappa shape index (κ1) is 19.7. The van der Waals surface area contributed by atoms with Crippen LogP contribution in [0.5, 0.6) is 0 Å². The summed E-state index contributed by atoms with van der Waals surface area (Å²) in [5, 5.41) is 9.38. The molecule has 2 aliphatic rings. The second-order valence-corrected chi connectivity index (χ2v) is 6.70. The van der Waals surface area contributed by atoms with Gasteiger partial charge < -0.3 is 25.1 Å². The average molecular weight is 381 g/mol. The minimum atomic E-state index is -4.67. The van der Waals surface area contributed by atoms with Crippen molar-refractivity contribution >= 4 is 16.2 Å². The van der Waals surface area contributed by atoms with Crippen molar-refractivity contribution in [2.24, 2.45) is 0 Å². The molecule has 25 heavy (non-hydrogen) atoms. The molecule has 0 amide bonds. The molecule has 0 saturated carbocycles. The van der Waals surface area contributed by atoms with Gasteiger partial charge in [-0.05, 0) is 19.9 Å². The summed E-state index contributed by atoms with van der Waals surface area (Å²) in [6, 6.07) is 1.51. The van der Waals surface area contributed by atoms with Gasteiger partial charge >= 0.3 is 16.1 Å². The number of nitrogen functional groups attached to an aromatic ring is 1. The van der Waals surface area contributed by atoms with Crippen LogP contribution in [0.4, 0.5) is 5.82 Å². The summed E-state index contributed by atoms with van der Waals surface area (Å²) in [7, 11) is -4.67. The number of fused-ring (bicyclic) bond motifs is 1. The smallest absolute Gasteiger partial charge is 0.394 e. The second kappa shape index (κ2) is 6.95. The molecular weight excluding hydrogens is 362 g/mol. The summed E-state index contributed by atoms with van der Waals surface area (Å²) in [6.45, 7) is 3.34. The Bertz CT molecular complexity index is 770. The van der Waals surface area contributed by atoms with Crippen LogP contribution in [0.3, 0.4) is 0 Å². The lowest BCUT2D eigenvalue weighted by molar-refractivity contribution is -0.200. The fraction of sp³-hybridized carbons (Fsp3) is 0.667. The Kier molecular flexibility index (Phi) is 5.48. The molecule has 0 aromatic carbocycles. The number of hydrogen-bond acceptors (Lipinski definition) is 9. The number of nitrogens with zero attached hydrogens (tertiary/aromatic N) is 2. The Morgan fingerprint density at radius 1 is 1.32 bits per heavy atom. The maximum Gasteiger partial charge on any atom is 0.394 e. The maximum absolute atomic E-state index is 11.9. The fourth-order valence-electron chi connectivity index (χ4n) is 2.65. The van der Waals surface area contributed by atoms with Crippen LogP contribution in [0.2, 0.25) is 0 Å². The minimum Gasteiger partial charge on any atom is -0.394 e. The molecule has 2 saturated heterocycles. The van der Waals surface area contributed by atoms with E-state index in [9.17, 15) is 9.90 Å². The van der Waals surface area contributed by atoms with E-state index in [0.29, 0.717) is 0 Å². The molecule has 4 unspecified atom stereocenters. The summed E-state index contributed by atoms with van der Waals surface area (Å²) >= 11 is 0. The van der Waals surface area contributed by atoms with E-state index in [1.54, 1.807) is 13.8 Å². The Morgan fingerprint density at radius 3 is 2.40 bits per heavy atom. The van der Waals surface area contributed by atoms with E-state index in [1.807, 2.05) is 0 Å². The predicted octanol–water partition coefficient (Wildman–Crippen LogP) is -1.42. The quantitative estimate of drug-likeness (QED) is 0.441. The van der Waals surface area contributed by atoms with E-state index in [2.05, 4.69) is 4.98 Å². The van der Waals surface area contributed by atoms with Crippen molar-refractivity contribution in [2.75, 3.05) is 12.3 Å². The van der Waals surface area contributed by atoms with E-state index in [1.165, 1.54) is 16.8 Å². The van der Waals surface area contributed by atoms with Gasteiger partial charge in [0.25, 0.3) is 0 Å². The molecule has 12 nitrogen and oxygen atoms in total. The molecule has 2 fully saturated rings. The number of hydrogen-bond donors (Lipinski definition) is 4. The number of aliphatic hydroxyl groups is 1. The van der Waals surface area contributed by atoms with Crippen molar-refractivity contribution in [3.63, 3.8) is 0 Å². The van der Waals surface area contributed by atoms with Gasteiger partial charge in [0.1, 0.15) is 24.1 Å². The zero-order valence-corrected chi connectivity index (χ0v) is 14.2. The molecule has 0 spiro atoms. The van der Waals surface area contributed by atoms with Crippen molar-refractivity contribution in [1.82, 2.24) is 9.55 Å². The largest absolute Gasteiger partial charge is 0.394 e. The van der Waals surface area contributed by atoms with Crippen molar-refractivity contribution in [1.29, 1.82) is 0 Å². The second-order valence-electron chi connectivity index (χ2n) is 5.80. The first-order chi connectivity index (χ1) is 11.4. The molecule has 0 bridgehead atoms. The highest BCUT2D eigenvalue weighted by Crippen LogP contribution is 2.42. The third-order valence-corrected chi connectivity index (χ3v) is 3.43. The van der Waals surface area contributed by atoms with Crippen LogP contribution in [0.15, 0.2) is 17.1 Å². The van der Waals surface area contributed by atoms with Gasteiger partial charge in [-0.15, -0.1) is 0 Å². The number of aromatic nitrogens is 2. The number of ether oxygens (including phenoxy) is 3. The van der Waals surface area contributed by atoms with E-state index >= 15 is 0 Å². The summed E-state index contributed by atoms with van der Waals surface area (Å²) in [6.07, 6.45) is -0.647. The number of anilines is 1. The molecule has 4 atom stereocenters. The van der Waals surface area contributed by atoms with Crippen LogP contribution in [0.25, 0.3) is 0 Å². The van der Waals surface area contributed by atoms with E-state index in [0.717, 1.165) is 0 Å². The topological polar surface area (TPSA) is 183 Å². The molecule has 142 valence electrons. The number of aliphatic hydroxyl groups excluding tert-OH is 1. The SMILES string of the molecule is CC1(C)OC2C(CO)OC(n3ccc(N)nc3=O)C2O1.O=S(=O)(O)O. The van der Waals surface area contributed by atoms with Gasteiger partial charge in [0, 0.05) is 6.20 Å². The highest BCUT2D eigenvalue weighted by molar-refractivity contribution is 7.79. The fourth-order valence-corrected chi connectivity index (χ4v) is 2.65. The van der Waals surface area contributed by atoms with Gasteiger partial charge in [-0.1, -0.05) is 0 Å². The molecule has 1 aromatic heterocycles. The summed E-state index contributed by atoms with van der Waals surface area (Å²) in [4.78, 5) is 15.6. The van der Waals surface area contributed by atoms with E-state index in [-0.39, 0.29) is 12.4 Å². The molecule has 3 rings (SSSR count). The zero-order chi connectivity index (χ0) is 19.0. The summed E-state index contributed by atoms with van der Waals surface area (Å²) in [5.74, 6) is -0.640. The van der Waals surface area contributed by atoms with Crippen LogP contribution >= 0.6 is 0 Å². The first-order valence-electron chi connectivity index (χ1n) is 7.08. The lowest BCUT2D eigenvalue weighted by Crippen LogP contribution is -2.35. The molecule has 0 aliphatic carbocycles. The van der Waals surface area contributed by atoms with Gasteiger partial charge in [-0.3, -0.25) is 13.7 Å². The van der Waals surface area contributed by atoms with Crippen LogP contribution < -0.4 is 11.4 Å². The zero-order valence-electron chi connectivity index (χ0n) is 13.3. The molecule has 5 N–H and O–H groups in total. The lowest BCUT2D eigenvalue weighted by Gasteiger charge is -2.24. The van der Waals surface area contributed by atoms with Crippen LogP contribution in [-0.2, 0) is 24.6 Å². The van der Waals surface area contributed by atoms with Crippen molar-refractivity contribution in [2.45, 2.75) is 44.2 Å². The minimum absolute atomic E-state index is 0.142. The Balaban J connectivity index is 0.000000399. The molecule has 2 aliphatic heterocycles. The standard InChI is InChI=1S/C12H17N3O5.H2O4S/c1-12(2)19-8-6(5-16)18-10(9(8)20-12)15-4-3-7(13)14-11(15)17;1-5(2,3)4/h3-4,6,8-10,16H,5H2,1-2H3,(H2,13,14,17);(H2,1,2,3,4). The molecule has 13 heteroatoms. The molecule has 0 radical (unpaired) electrons. The van der Waals surface area contributed by atoms with Gasteiger partial charge in [0.2, 0.25) is 0 Å². The van der Waals surface area contributed by atoms with Crippen LogP contribution in [-0.4, -0.2) is 62.9 Å². The van der Waals surface area contributed by atoms with Crippen molar-refractivity contribution in [3.8, 4) is 0 Å². The molecule has 3 heterocycles. The lowest BCUT2D eigenvalue weighted by atomic mass is 10.1. The first-order valence-corrected chi connectivity index (χ1v) is 8.47. The normalized spacial score (nSPS) is 30.4. The monoisotopic (exact) mass is 381 g/mol. The Labute approximate surface area is 142 Å². The van der Waals surface area contributed by atoms with Crippen LogP contribution in [0, 0.1) is 0 Å². The molecule has 1 aromatic rings. The maximum atomic E-state index is 11.9. The average Bonchev–Trinajstić information content (AvgIpc) is 2.90. The highest BCUT2D eigenvalue weighted by Gasteiger charge is 2.55. The third-order valence-electron chi connectivity index (χ3n) is 3.43. The van der Waals surface area contributed by atoms with E-state index < -0.39 is 46.4 Å².